The normalized spacial score (nSPS) is 14.6. The van der Waals surface area contributed by atoms with Crippen LogP contribution in [0.3, 0.4) is 0 Å². The van der Waals surface area contributed by atoms with E-state index >= 15 is 0 Å². The van der Waals surface area contributed by atoms with Gasteiger partial charge in [-0.15, -0.1) is 0 Å². The zero-order chi connectivity index (χ0) is 47.3. The van der Waals surface area contributed by atoms with Crippen LogP contribution in [0.15, 0.2) is 89.9 Å². The summed E-state index contributed by atoms with van der Waals surface area (Å²) in [5, 5.41) is 58.6. The monoisotopic (exact) mass is 916 g/mol. The van der Waals surface area contributed by atoms with Gasteiger partial charge in [-0.3, -0.25) is 48.7 Å². The Morgan fingerprint density at radius 1 is 0.576 bits per heavy atom. The minimum absolute atomic E-state index is 0.0212. The summed E-state index contributed by atoms with van der Waals surface area (Å²) in [7, 11) is 0. The van der Waals surface area contributed by atoms with Crippen LogP contribution in [0.5, 0.6) is 11.5 Å². The molecule has 0 unspecified atom stereocenters. The number of rotatable bonds is 11. The molecule has 17 nitrogen and oxygen atoms in total. The quantitative estimate of drug-likeness (QED) is 0.0745. The predicted octanol–water partition coefficient (Wildman–Crippen LogP) is 5.13. The number of carbonyl (C=O) groups excluding carboxylic acids is 1. The first kappa shape index (κ1) is 48.5. The third-order valence-electron chi connectivity index (χ3n) is 10.7. The molecule has 3 heterocycles. The van der Waals surface area contributed by atoms with Crippen molar-refractivity contribution in [1.29, 1.82) is 0 Å². The van der Waals surface area contributed by atoms with E-state index < -0.39 is 17.9 Å². The van der Waals surface area contributed by atoms with Crippen molar-refractivity contribution in [3.63, 3.8) is 0 Å². The maximum absolute atomic E-state index is 13.6. The molecule has 2 aromatic heterocycles. The SMILES string of the molecule is Cc1cc2c(O)c(c1)CN(CC(=O)O)Cc1cccc(n1)CN(CC(=O)NCc1ccc(N=C=S)cc1)Cc1cc(C)cc(c1O)CN(CC(=O)O)Cc1cccc(n1)CN(CC(=O)O)C2. The van der Waals surface area contributed by atoms with Crippen LogP contribution in [-0.2, 0) is 78.1 Å². The fraction of sp³-hybridized carbons (Fsp3) is 0.312. The summed E-state index contributed by atoms with van der Waals surface area (Å²) in [5.41, 5.74) is 6.99. The van der Waals surface area contributed by atoms with Gasteiger partial charge in [-0.1, -0.05) is 59.7 Å². The zero-order valence-corrected chi connectivity index (χ0v) is 37.5. The maximum Gasteiger partial charge on any atom is 0.317 e. The van der Waals surface area contributed by atoms with Crippen molar-refractivity contribution >= 4 is 46.9 Å². The number of carboxylic acid groups (broad SMARTS) is 3. The number of aliphatic imine (C=N–C) groups is 1. The summed E-state index contributed by atoms with van der Waals surface area (Å²) in [6, 6.07) is 24.9. The molecule has 0 atom stereocenters. The highest BCUT2D eigenvalue weighted by molar-refractivity contribution is 7.78. The number of aromatic hydroxyl groups is 2. The number of nitrogens with zero attached hydrogens (tertiary/aromatic N) is 7. The van der Waals surface area contributed by atoms with E-state index in [0.29, 0.717) is 50.7 Å². The van der Waals surface area contributed by atoms with Crippen LogP contribution < -0.4 is 5.32 Å². The van der Waals surface area contributed by atoms with E-state index in [2.05, 4.69) is 15.5 Å². The van der Waals surface area contributed by atoms with E-state index in [0.717, 1.165) is 16.7 Å². The van der Waals surface area contributed by atoms with Crippen molar-refractivity contribution in [1.82, 2.24) is 34.9 Å². The summed E-state index contributed by atoms with van der Waals surface area (Å²) in [6.45, 7) is 3.25. The number of hydrogen-bond donors (Lipinski definition) is 6. The first-order valence-electron chi connectivity index (χ1n) is 21.1. The summed E-state index contributed by atoms with van der Waals surface area (Å²) < 4.78 is 0. The summed E-state index contributed by atoms with van der Waals surface area (Å²) in [4.78, 5) is 70.5. The topological polar surface area (TPSA) is 233 Å². The minimum atomic E-state index is -1.10. The Balaban J connectivity index is 1.39. The third kappa shape index (κ3) is 14.5. The Morgan fingerprint density at radius 3 is 1.26 bits per heavy atom. The summed E-state index contributed by atoms with van der Waals surface area (Å²) in [5.74, 6) is -3.73. The second kappa shape index (κ2) is 22.8. The zero-order valence-electron chi connectivity index (χ0n) is 36.7. The van der Waals surface area contributed by atoms with E-state index in [9.17, 15) is 44.7 Å². The largest absolute Gasteiger partial charge is 0.507 e. The van der Waals surface area contributed by atoms with Crippen LogP contribution in [0.4, 0.5) is 5.69 Å². The van der Waals surface area contributed by atoms with Gasteiger partial charge in [-0.05, 0) is 68.0 Å². The number of aliphatic carboxylic acids is 3. The highest BCUT2D eigenvalue weighted by Gasteiger charge is 2.23. The van der Waals surface area contributed by atoms with E-state index in [1.165, 1.54) is 0 Å². The molecule has 3 aromatic carbocycles. The van der Waals surface area contributed by atoms with Gasteiger partial charge in [0.15, 0.2) is 0 Å². The Morgan fingerprint density at radius 2 is 0.924 bits per heavy atom. The number of aryl methyl sites for hydroxylation is 2. The molecule has 0 spiro atoms. The number of carboxylic acids is 3. The molecule has 0 saturated heterocycles. The molecule has 0 radical (unpaired) electrons. The molecule has 0 fully saturated rings. The molecule has 344 valence electrons. The fourth-order valence-corrected chi connectivity index (χ4v) is 8.19. The molecule has 8 bridgehead atoms. The third-order valence-corrected chi connectivity index (χ3v) is 10.8. The lowest BCUT2D eigenvalue weighted by Crippen LogP contribution is -2.36. The molecule has 1 aliphatic rings. The van der Waals surface area contributed by atoms with Crippen molar-refractivity contribution in [2.45, 2.75) is 72.8 Å². The van der Waals surface area contributed by atoms with E-state index in [1.54, 1.807) is 81.4 Å². The fourth-order valence-electron chi connectivity index (χ4n) is 8.09. The number of carbonyl (C=O) groups is 4. The van der Waals surface area contributed by atoms with E-state index in [-0.39, 0.29) is 102 Å². The Bertz CT molecular complexity index is 2610. The molecular formula is C48H52N8O9S. The minimum Gasteiger partial charge on any atom is -0.507 e. The number of nitrogens with one attached hydrogen (secondary N) is 1. The molecule has 1 aliphatic heterocycles. The molecule has 6 N–H and O–H groups in total. The van der Waals surface area contributed by atoms with Crippen molar-refractivity contribution < 1.29 is 44.7 Å². The van der Waals surface area contributed by atoms with Crippen molar-refractivity contribution in [2.75, 3.05) is 26.2 Å². The second-order valence-electron chi connectivity index (χ2n) is 16.5. The van der Waals surface area contributed by atoms with E-state index in [4.69, 9.17) is 22.2 Å². The highest BCUT2D eigenvalue weighted by Crippen LogP contribution is 2.30. The average Bonchev–Trinajstić information content (AvgIpc) is 3.23. The standard InChI is InChI=1S/C48H52N8O9S/c1-31-13-34-18-53(26-43(57)49-17-33-9-11-38(12-10-33)50-30-66)22-39-5-3-6-40(51-39)23-55(28-45(60)61)20-36-15-32(2)16-37(48(36)65)21-56(29-46(62)63)25-42-8-4-7-41(52-42)24-54(27-44(58)59)19-35(14-31)47(34)64/h3-16,64-65H,17-29H2,1-2H3,(H,49,57)(H,58,59)(H,60,61)(H,62,63). The smallest absolute Gasteiger partial charge is 0.317 e. The van der Waals surface area contributed by atoms with Gasteiger partial charge in [0.25, 0.3) is 0 Å². The average molecular weight is 917 g/mol. The van der Waals surface area contributed by atoms with Gasteiger partial charge in [0.2, 0.25) is 5.91 Å². The number of hydrogen-bond acceptors (Lipinski definition) is 14. The van der Waals surface area contributed by atoms with Gasteiger partial charge in [0.1, 0.15) is 11.5 Å². The molecule has 5 aromatic rings. The molecule has 0 aliphatic carbocycles. The molecule has 18 heteroatoms. The van der Waals surface area contributed by atoms with Crippen LogP contribution in [0.1, 0.15) is 61.7 Å². The first-order valence-corrected chi connectivity index (χ1v) is 21.5. The van der Waals surface area contributed by atoms with Gasteiger partial charge in [-0.25, -0.2) is 0 Å². The van der Waals surface area contributed by atoms with Crippen molar-refractivity contribution in [3.05, 3.63) is 147 Å². The predicted molar refractivity (Wildman–Crippen MR) is 246 cm³/mol. The maximum atomic E-state index is 13.6. The Labute approximate surface area is 387 Å². The molecular weight excluding hydrogens is 865 g/mol. The van der Waals surface area contributed by atoms with Crippen LogP contribution in [0.2, 0.25) is 0 Å². The number of thiocarbonyl (C=S) groups is 1. The molecule has 6 rings (SSSR count). The van der Waals surface area contributed by atoms with E-state index in [1.807, 2.05) is 36.9 Å². The molecule has 1 amide bonds. The summed E-state index contributed by atoms with van der Waals surface area (Å²) >= 11 is 4.69. The number of pyridine rings is 2. The Kier molecular flexibility index (Phi) is 16.8. The number of aromatic nitrogens is 2. The summed E-state index contributed by atoms with van der Waals surface area (Å²) in [6.07, 6.45) is 0. The number of amides is 1. The van der Waals surface area contributed by atoms with Gasteiger partial charge >= 0.3 is 17.9 Å². The number of isothiocyanates is 1. The van der Waals surface area contributed by atoms with Crippen LogP contribution in [0, 0.1) is 13.8 Å². The van der Waals surface area contributed by atoms with Gasteiger partial charge in [-0.2, -0.15) is 4.99 Å². The highest BCUT2D eigenvalue weighted by atomic mass is 32.1. The number of fused-ring (bicyclic) bond motifs is 8. The molecule has 0 saturated carbocycles. The lowest BCUT2D eigenvalue weighted by molar-refractivity contribution is -0.139. The number of phenolic OH excluding ortho intramolecular Hbond substituents is 2. The Hall–Kier alpha value is -6.92. The lowest BCUT2D eigenvalue weighted by atomic mass is 10.0. The van der Waals surface area contributed by atoms with Gasteiger partial charge < -0.3 is 30.8 Å². The van der Waals surface area contributed by atoms with Crippen LogP contribution >= 0.6 is 12.2 Å². The number of benzene rings is 3. The molecule has 66 heavy (non-hydrogen) atoms. The van der Waals surface area contributed by atoms with Gasteiger partial charge in [0, 0.05) is 81.2 Å². The number of phenols is 2. The first-order chi connectivity index (χ1) is 31.6. The van der Waals surface area contributed by atoms with Crippen molar-refractivity contribution in [2.24, 2.45) is 4.99 Å². The van der Waals surface area contributed by atoms with Gasteiger partial charge in [0.05, 0.1) is 59.8 Å². The lowest BCUT2D eigenvalue weighted by Gasteiger charge is -2.26. The van der Waals surface area contributed by atoms with Crippen molar-refractivity contribution in [3.8, 4) is 11.5 Å². The van der Waals surface area contributed by atoms with Crippen LogP contribution in [0.25, 0.3) is 0 Å². The van der Waals surface area contributed by atoms with Crippen LogP contribution in [-0.4, -0.2) is 110 Å². The second-order valence-corrected chi connectivity index (χ2v) is 16.7.